The first kappa shape index (κ1) is 14.4. The first-order valence-corrected chi connectivity index (χ1v) is 7.12. The Morgan fingerprint density at radius 1 is 1.25 bits per heavy atom. The minimum absolute atomic E-state index is 0.00876. The molecule has 0 unspecified atom stereocenters. The maximum absolute atomic E-state index is 11.9. The summed E-state index contributed by atoms with van der Waals surface area (Å²) in [5.41, 5.74) is 5.33. The zero-order valence-corrected chi connectivity index (χ0v) is 11.8. The molecule has 7 heteroatoms. The largest absolute Gasteiger partial charge is 0.324 e. The number of nitrogens with one attached hydrogen (secondary N) is 3. The minimum Gasteiger partial charge on any atom is -0.324 e. The summed E-state index contributed by atoms with van der Waals surface area (Å²) in [4.78, 5) is 35.5. The molecule has 1 atom stereocenters. The van der Waals surface area contributed by atoms with Crippen LogP contribution in [0.25, 0.3) is 0 Å². The molecule has 0 radical (unpaired) electrons. The van der Waals surface area contributed by atoms with Crippen molar-refractivity contribution < 1.29 is 14.4 Å². The van der Waals surface area contributed by atoms with E-state index in [1.165, 1.54) is 11.8 Å². The van der Waals surface area contributed by atoms with Crippen molar-refractivity contribution in [2.75, 3.05) is 5.32 Å². The summed E-state index contributed by atoms with van der Waals surface area (Å²) in [5, 5.41) is 2.27. The second-order valence-corrected chi connectivity index (χ2v) is 5.49. The van der Waals surface area contributed by atoms with Crippen molar-refractivity contribution in [2.45, 2.75) is 29.9 Å². The molecule has 0 spiro atoms. The van der Waals surface area contributed by atoms with E-state index in [2.05, 4.69) is 16.2 Å². The van der Waals surface area contributed by atoms with Gasteiger partial charge in [-0.05, 0) is 12.1 Å². The summed E-state index contributed by atoms with van der Waals surface area (Å²) in [6.07, 6.45) is 0.293. The van der Waals surface area contributed by atoms with Crippen LogP contribution in [0.3, 0.4) is 0 Å². The molecule has 2 rings (SSSR count). The lowest BCUT2D eigenvalue weighted by molar-refractivity contribution is -0.129. The van der Waals surface area contributed by atoms with Gasteiger partial charge in [0.15, 0.2) is 0 Å². The minimum atomic E-state index is -0.497. The van der Waals surface area contributed by atoms with E-state index in [0.29, 0.717) is 0 Å². The zero-order chi connectivity index (χ0) is 14.5. The standard InChI is InChI=1S/C13H15N3O3S/c1-2-11(17)15-16-12(18)7-10-13(19)14-8-5-3-4-6-9(8)20-10/h3-6,10H,2,7H2,1H3,(H,14,19)(H,15,17)(H,16,18)/t10-/m0/s1. The highest BCUT2D eigenvalue weighted by atomic mass is 32.2. The molecule has 6 nitrogen and oxygen atoms in total. The number of thioether (sulfide) groups is 1. The second kappa shape index (κ2) is 6.42. The van der Waals surface area contributed by atoms with Gasteiger partial charge in [0, 0.05) is 17.7 Å². The molecule has 1 heterocycles. The highest BCUT2D eigenvalue weighted by Crippen LogP contribution is 2.36. The van der Waals surface area contributed by atoms with Gasteiger partial charge in [0.2, 0.25) is 17.7 Å². The number of benzene rings is 1. The monoisotopic (exact) mass is 293 g/mol. The lowest BCUT2D eigenvalue weighted by Gasteiger charge is -2.23. The van der Waals surface area contributed by atoms with E-state index >= 15 is 0 Å². The van der Waals surface area contributed by atoms with Gasteiger partial charge in [-0.3, -0.25) is 25.2 Å². The molecule has 1 aliphatic heterocycles. The van der Waals surface area contributed by atoms with Gasteiger partial charge in [-0.25, -0.2) is 0 Å². The van der Waals surface area contributed by atoms with E-state index in [0.717, 1.165) is 10.6 Å². The molecule has 0 aromatic heterocycles. The van der Waals surface area contributed by atoms with Crippen LogP contribution >= 0.6 is 11.8 Å². The number of anilines is 1. The topological polar surface area (TPSA) is 87.3 Å². The fourth-order valence-corrected chi connectivity index (χ4v) is 2.78. The van der Waals surface area contributed by atoms with Crippen molar-refractivity contribution in [2.24, 2.45) is 0 Å². The average Bonchev–Trinajstić information content (AvgIpc) is 2.45. The van der Waals surface area contributed by atoms with Crippen LogP contribution in [0.15, 0.2) is 29.2 Å². The molecule has 0 saturated heterocycles. The number of amides is 3. The van der Waals surface area contributed by atoms with Gasteiger partial charge in [0.05, 0.1) is 10.9 Å². The Morgan fingerprint density at radius 2 is 1.95 bits per heavy atom. The number of hydrogen-bond acceptors (Lipinski definition) is 4. The molecule has 0 bridgehead atoms. The number of fused-ring (bicyclic) bond motifs is 1. The molecule has 1 aromatic rings. The number of carbonyl (C=O) groups is 3. The molecular weight excluding hydrogens is 278 g/mol. The lowest BCUT2D eigenvalue weighted by Crippen LogP contribution is -2.43. The van der Waals surface area contributed by atoms with Crippen molar-refractivity contribution in [1.82, 2.24) is 10.9 Å². The number of carbonyl (C=O) groups excluding carboxylic acids is 3. The van der Waals surface area contributed by atoms with Gasteiger partial charge in [0.1, 0.15) is 0 Å². The number of para-hydroxylation sites is 1. The number of hydrogen-bond donors (Lipinski definition) is 3. The van der Waals surface area contributed by atoms with E-state index in [1.807, 2.05) is 24.3 Å². The third kappa shape index (κ3) is 3.51. The van der Waals surface area contributed by atoms with Crippen LogP contribution in [0.2, 0.25) is 0 Å². The Balaban J connectivity index is 1.92. The second-order valence-electron chi connectivity index (χ2n) is 4.25. The first-order chi connectivity index (χ1) is 9.60. The van der Waals surface area contributed by atoms with Gasteiger partial charge in [0.25, 0.3) is 0 Å². The SMILES string of the molecule is CCC(=O)NNC(=O)C[C@@H]1Sc2ccccc2NC1=O. The summed E-state index contributed by atoms with van der Waals surface area (Å²) < 4.78 is 0. The Kier molecular flexibility index (Phi) is 4.62. The van der Waals surface area contributed by atoms with Gasteiger partial charge in [-0.1, -0.05) is 19.1 Å². The summed E-state index contributed by atoms with van der Waals surface area (Å²) >= 11 is 1.35. The highest BCUT2D eigenvalue weighted by molar-refractivity contribution is 8.01. The molecule has 1 aromatic carbocycles. The molecule has 106 valence electrons. The van der Waals surface area contributed by atoms with E-state index in [1.54, 1.807) is 6.92 Å². The predicted octanol–water partition coefficient (Wildman–Crippen LogP) is 1.05. The van der Waals surface area contributed by atoms with Crippen molar-refractivity contribution >= 4 is 35.2 Å². The van der Waals surface area contributed by atoms with Crippen LogP contribution in [0.4, 0.5) is 5.69 Å². The van der Waals surface area contributed by atoms with Crippen molar-refractivity contribution in [1.29, 1.82) is 0 Å². The first-order valence-electron chi connectivity index (χ1n) is 6.24. The van der Waals surface area contributed by atoms with Gasteiger partial charge >= 0.3 is 0 Å². The summed E-state index contributed by atoms with van der Waals surface area (Å²) in [6.45, 7) is 1.68. The quantitative estimate of drug-likeness (QED) is 0.727. The maximum atomic E-state index is 11.9. The fourth-order valence-electron chi connectivity index (χ4n) is 1.67. The smallest absolute Gasteiger partial charge is 0.240 e. The molecule has 3 amide bonds. The van der Waals surface area contributed by atoms with Crippen molar-refractivity contribution in [3.05, 3.63) is 24.3 Å². The molecule has 3 N–H and O–H groups in total. The van der Waals surface area contributed by atoms with Gasteiger partial charge < -0.3 is 5.32 Å². The van der Waals surface area contributed by atoms with Gasteiger partial charge in [-0.15, -0.1) is 11.8 Å². The normalized spacial score (nSPS) is 16.9. The Hall–Kier alpha value is -2.02. The fraction of sp³-hybridized carbons (Fsp3) is 0.308. The third-order valence-corrected chi connectivity index (χ3v) is 4.02. The zero-order valence-electron chi connectivity index (χ0n) is 10.9. The van der Waals surface area contributed by atoms with Crippen LogP contribution in [0.5, 0.6) is 0 Å². The van der Waals surface area contributed by atoms with E-state index in [4.69, 9.17) is 0 Å². The molecule has 0 aliphatic carbocycles. The van der Waals surface area contributed by atoms with Crippen LogP contribution < -0.4 is 16.2 Å². The van der Waals surface area contributed by atoms with Crippen LogP contribution in [-0.2, 0) is 14.4 Å². The molecule has 0 saturated carbocycles. The summed E-state index contributed by atoms with van der Waals surface area (Å²) in [7, 11) is 0. The Bertz CT molecular complexity index is 547. The Labute approximate surface area is 120 Å². The molecular formula is C13H15N3O3S. The third-order valence-electron chi connectivity index (χ3n) is 2.74. The molecule has 1 aliphatic rings. The van der Waals surface area contributed by atoms with Crippen LogP contribution in [0.1, 0.15) is 19.8 Å². The summed E-state index contributed by atoms with van der Waals surface area (Å²) in [6, 6.07) is 7.43. The van der Waals surface area contributed by atoms with Crippen LogP contribution in [0, 0.1) is 0 Å². The van der Waals surface area contributed by atoms with E-state index < -0.39 is 5.25 Å². The Morgan fingerprint density at radius 3 is 2.70 bits per heavy atom. The number of hydrazine groups is 1. The van der Waals surface area contributed by atoms with Gasteiger partial charge in [-0.2, -0.15) is 0 Å². The number of rotatable bonds is 3. The highest BCUT2D eigenvalue weighted by Gasteiger charge is 2.28. The maximum Gasteiger partial charge on any atom is 0.240 e. The van der Waals surface area contributed by atoms with Crippen LogP contribution in [-0.4, -0.2) is 23.0 Å². The lowest BCUT2D eigenvalue weighted by atomic mass is 10.2. The molecule has 0 fully saturated rings. The molecule has 20 heavy (non-hydrogen) atoms. The van der Waals surface area contributed by atoms with E-state index in [-0.39, 0.29) is 30.6 Å². The van der Waals surface area contributed by atoms with E-state index in [9.17, 15) is 14.4 Å². The van der Waals surface area contributed by atoms with Crippen molar-refractivity contribution in [3.63, 3.8) is 0 Å². The summed E-state index contributed by atoms with van der Waals surface area (Å²) in [5.74, 6) is -0.867. The predicted molar refractivity (Wildman–Crippen MR) is 75.9 cm³/mol. The average molecular weight is 293 g/mol. The van der Waals surface area contributed by atoms with Crippen molar-refractivity contribution in [3.8, 4) is 0 Å².